The molecule has 1 amide bonds. The highest BCUT2D eigenvalue weighted by Crippen LogP contribution is 2.10. The van der Waals surface area contributed by atoms with Crippen LogP contribution in [0.1, 0.15) is 15.9 Å². The predicted octanol–water partition coefficient (Wildman–Crippen LogP) is 2.54. The van der Waals surface area contributed by atoms with Crippen LogP contribution in [0.3, 0.4) is 0 Å². The highest BCUT2D eigenvalue weighted by atomic mass is 16.5. The molecule has 0 heterocycles. The lowest BCUT2D eigenvalue weighted by molar-refractivity contribution is -0.121. The van der Waals surface area contributed by atoms with Gasteiger partial charge in [-0.2, -0.15) is 0 Å². The molecule has 0 aliphatic carbocycles. The van der Waals surface area contributed by atoms with Gasteiger partial charge in [0.2, 0.25) is 5.91 Å². The minimum absolute atomic E-state index is 0.0911. The molecule has 0 saturated carbocycles. The van der Waals surface area contributed by atoms with Gasteiger partial charge in [0.15, 0.2) is 0 Å². The van der Waals surface area contributed by atoms with E-state index in [1.807, 2.05) is 30.3 Å². The largest absolute Gasteiger partial charge is 0.478 e. The van der Waals surface area contributed by atoms with E-state index in [0.29, 0.717) is 12.3 Å². The first-order valence-corrected chi connectivity index (χ1v) is 6.40. The molecule has 2 N–H and O–H groups in total. The fraction of sp³-hybridized carbons (Fsp3) is 0.125. The van der Waals surface area contributed by atoms with Gasteiger partial charge < -0.3 is 15.2 Å². The fourth-order valence-electron chi connectivity index (χ4n) is 1.76. The van der Waals surface area contributed by atoms with Gasteiger partial charge in [-0.05, 0) is 23.8 Å². The Kier molecular flexibility index (Phi) is 5.06. The topological polar surface area (TPSA) is 75.6 Å². The molecule has 0 atom stereocenters. The molecule has 108 valence electrons. The van der Waals surface area contributed by atoms with Gasteiger partial charge in [0, 0.05) is 5.69 Å². The summed E-state index contributed by atoms with van der Waals surface area (Å²) in [6.45, 7) is 0.260. The molecular formula is C16H15NO4. The Morgan fingerprint density at radius 1 is 1.05 bits per heavy atom. The summed E-state index contributed by atoms with van der Waals surface area (Å²) in [6.07, 6.45) is 0. The third-order valence-corrected chi connectivity index (χ3v) is 2.74. The number of ether oxygens (including phenoxy) is 1. The number of carboxylic acids is 1. The molecule has 2 aromatic carbocycles. The predicted molar refractivity (Wildman–Crippen MR) is 78.1 cm³/mol. The molecule has 0 fully saturated rings. The lowest BCUT2D eigenvalue weighted by atomic mass is 10.2. The van der Waals surface area contributed by atoms with Crippen molar-refractivity contribution in [3.63, 3.8) is 0 Å². The van der Waals surface area contributed by atoms with Crippen LogP contribution in [0.25, 0.3) is 0 Å². The third kappa shape index (κ3) is 4.74. The summed E-state index contributed by atoms with van der Waals surface area (Å²) in [5.74, 6) is -1.36. The van der Waals surface area contributed by atoms with Crippen LogP contribution < -0.4 is 5.32 Å². The molecule has 5 nitrogen and oxygen atoms in total. The van der Waals surface area contributed by atoms with Gasteiger partial charge in [-0.3, -0.25) is 4.79 Å². The summed E-state index contributed by atoms with van der Waals surface area (Å²) in [5.41, 5.74) is 1.54. The van der Waals surface area contributed by atoms with Crippen molar-refractivity contribution in [2.24, 2.45) is 0 Å². The van der Waals surface area contributed by atoms with Crippen molar-refractivity contribution in [1.29, 1.82) is 0 Å². The van der Waals surface area contributed by atoms with Crippen LogP contribution in [0.2, 0.25) is 0 Å². The summed E-state index contributed by atoms with van der Waals surface area (Å²) in [5, 5.41) is 11.5. The number of carbonyl (C=O) groups excluding carboxylic acids is 1. The zero-order valence-corrected chi connectivity index (χ0v) is 11.3. The van der Waals surface area contributed by atoms with E-state index in [1.165, 1.54) is 12.1 Å². The maximum absolute atomic E-state index is 11.7. The molecule has 0 aliphatic heterocycles. The second-order valence-electron chi connectivity index (χ2n) is 4.41. The van der Waals surface area contributed by atoms with Gasteiger partial charge in [-0.1, -0.05) is 36.4 Å². The van der Waals surface area contributed by atoms with Crippen molar-refractivity contribution in [1.82, 2.24) is 0 Å². The van der Waals surface area contributed by atoms with Crippen LogP contribution in [0.15, 0.2) is 54.6 Å². The third-order valence-electron chi connectivity index (χ3n) is 2.74. The van der Waals surface area contributed by atoms with E-state index in [2.05, 4.69) is 5.32 Å². The number of benzene rings is 2. The zero-order valence-electron chi connectivity index (χ0n) is 11.3. The van der Waals surface area contributed by atoms with Gasteiger partial charge in [0.05, 0.1) is 12.2 Å². The number of anilines is 1. The van der Waals surface area contributed by atoms with Crippen LogP contribution >= 0.6 is 0 Å². The summed E-state index contributed by atoms with van der Waals surface area (Å²) in [4.78, 5) is 22.5. The Balaban J connectivity index is 1.82. The molecule has 0 aliphatic rings. The van der Waals surface area contributed by atoms with Crippen molar-refractivity contribution in [3.8, 4) is 0 Å². The van der Waals surface area contributed by atoms with E-state index in [4.69, 9.17) is 9.84 Å². The number of hydrogen-bond acceptors (Lipinski definition) is 3. The van der Waals surface area contributed by atoms with Crippen LogP contribution in [0, 0.1) is 0 Å². The smallest absolute Gasteiger partial charge is 0.335 e. The number of carboxylic acid groups (broad SMARTS) is 1. The maximum atomic E-state index is 11.7. The maximum Gasteiger partial charge on any atom is 0.335 e. The Labute approximate surface area is 122 Å². The van der Waals surface area contributed by atoms with Crippen molar-refractivity contribution >= 4 is 17.6 Å². The molecule has 0 radical (unpaired) electrons. The second kappa shape index (κ2) is 7.21. The lowest BCUT2D eigenvalue weighted by Crippen LogP contribution is -2.18. The van der Waals surface area contributed by atoms with Crippen molar-refractivity contribution in [3.05, 3.63) is 65.7 Å². The molecule has 2 aromatic rings. The van der Waals surface area contributed by atoms with Gasteiger partial charge in [0.1, 0.15) is 6.61 Å². The van der Waals surface area contributed by atoms with Crippen molar-refractivity contribution < 1.29 is 19.4 Å². The highest BCUT2D eigenvalue weighted by molar-refractivity contribution is 5.94. The Bertz CT molecular complexity index is 625. The molecule has 0 aromatic heterocycles. The monoisotopic (exact) mass is 285 g/mol. The SMILES string of the molecule is O=C(COCc1ccccc1)Nc1cccc(C(=O)O)c1. The lowest BCUT2D eigenvalue weighted by Gasteiger charge is -2.07. The zero-order chi connectivity index (χ0) is 15.1. The first-order valence-electron chi connectivity index (χ1n) is 6.40. The van der Waals surface area contributed by atoms with E-state index in [9.17, 15) is 9.59 Å². The molecular weight excluding hydrogens is 270 g/mol. The summed E-state index contributed by atoms with van der Waals surface area (Å²) < 4.78 is 5.30. The first kappa shape index (κ1) is 14.7. The molecule has 5 heteroatoms. The van der Waals surface area contributed by atoms with Gasteiger partial charge >= 0.3 is 5.97 Å². The number of aromatic carboxylic acids is 1. The quantitative estimate of drug-likeness (QED) is 0.855. The number of amides is 1. The van der Waals surface area contributed by atoms with Crippen LogP contribution in [-0.4, -0.2) is 23.6 Å². The molecule has 0 spiro atoms. The minimum atomic E-state index is -1.04. The average molecular weight is 285 g/mol. The van der Waals surface area contributed by atoms with E-state index < -0.39 is 5.97 Å². The summed E-state index contributed by atoms with van der Waals surface area (Å²) in [6, 6.07) is 15.6. The fourth-order valence-corrected chi connectivity index (χ4v) is 1.76. The molecule has 0 saturated heterocycles. The number of rotatable bonds is 6. The van der Waals surface area contributed by atoms with Gasteiger partial charge in [-0.15, -0.1) is 0 Å². The number of hydrogen-bond donors (Lipinski definition) is 2. The second-order valence-corrected chi connectivity index (χ2v) is 4.41. The summed E-state index contributed by atoms with van der Waals surface area (Å²) in [7, 11) is 0. The molecule has 0 bridgehead atoms. The minimum Gasteiger partial charge on any atom is -0.478 e. The number of nitrogens with one attached hydrogen (secondary N) is 1. The van der Waals surface area contributed by atoms with Crippen LogP contribution in [0.5, 0.6) is 0 Å². The Morgan fingerprint density at radius 2 is 1.81 bits per heavy atom. The van der Waals surface area contributed by atoms with Crippen LogP contribution in [-0.2, 0) is 16.1 Å². The van der Waals surface area contributed by atoms with Gasteiger partial charge in [0.25, 0.3) is 0 Å². The Hall–Kier alpha value is -2.66. The highest BCUT2D eigenvalue weighted by Gasteiger charge is 2.06. The van der Waals surface area contributed by atoms with Crippen molar-refractivity contribution in [2.45, 2.75) is 6.61 Å². The van der Waals surface area contributed by atoms with E-state index >= 15 is 0 Å². The molecule has 0 unspecified atom stereocenters. The first-order chi connectivity index (χ1) is 10.1. The van der Waals surface area contributed by atoms with E-state index in [1.54, 1.807) is 12.1 Å². The van der Waals surface area contributed by atoms with Gasteiger partial charge in [-0.25, -0.2) is 4.79 Å². The normalized spacial score (nSPS) is 10.1. The van der Waals surface area contributed by atoms with E-state index in [-0.39, 0.29) is 18.1 Å². The molecule has 2 rings (SSSR count). The van der Waals surface area contributed by atoms with E-state index in [0.717, 1.165) is 5.56 Å². The average Bonchev–Trinajstić information content (AvgIpc) is 2.48. The van der Waals surface area contributed by atoms with Crippen LogP contribution in [0.4, 0.5) is 5.69 Å². The standard InChI is InChI=1S/C16H15NO4/c18-15(11-21-10-12-5-2-1-3-6-12)17-14-8-4-7-13(9-14)16(19)20/h1-9H,10-11H2,(H,17,18)(H,19,20). The summed E-state index contributed by atoms with van der Waals surface area (Å²) >= 11 is 0. The molecule has 21 heavy (non-hydrogen) atoms. The van der Waals surface area contributed by atoms with Crippen molar-refractivity contribution in [2.75, 3.05) is 11.9 Å². The number of carbonyl (C=O) groups is 2. The Morgan fingerprint density at radius 3 is 2.52 bits per heavy atom.